The Morgan fingerprint density at radius 2 is 0.746 bits per heavy atom. The molecule has 2 atom stereocenters. The van der Waals surface area contributed by atoms with E-state index in [0.29, 0.717) is 17.5 Å². The molecule has 1 aromatic heterocycles. The number of rotatable bonds is 7. The number of hydrogen-bond donors (Lipinski definition) is 0. The van der Waals surface area contributed by atoms with Gasteiger partial charge in [0.25, 0.3) is 0 Å². The molecule has 0 amide bonds. The molecule has 59 heavy (non-hydrogen) atoms. The van der Waals surface area contributed by atoms with E-state index >= 15 is 0 Å². The van der Waals surface area contributed by atoms with Crippen LogP contribution in [-0.4, -0.2) is 15.0 Å². The van der Waals surface area contributed by atoms with Gasteiger partial charge in [0.1, 0.15) is 0 Å². The summed E-state index contributed by atoms with van der Waals surface area (Å²) in [6.07, 6.45) is 2.04. The molecule has 2 aliphatic carbocycles. The number of nitrogens with zero attached hydrogens (tertiary/aromatic N) is 3. The summed E-state index contributed by atoms with van der Waals surface area (Å²) in [5.41, 5.74) is 19.1. The molecule has 9 aromatic rings. The first-order chi connectivity index (χ1) is 29.1. The monoisotopic (exact) mass is 753 g/mol. The molecule has 2 aliphatic rings. The van der Waals surface area contributed by atoms with Gasteiger partial charge >= 0.3 is 0 Å². The van der Waals surface area contributed by atoms with Gasteiger partial charge in [-0.25, -0.2) is 15.0 Å². The van der Waals surface area contributed by atoms with Crippen molar-refractivity contribution in [3.63, 3.8) is 0 Å². The molecule has 0 saturated heterocycles. The van der Waals surface area contributed by atoms with Crippen LogP contribution in [0, 0.1) is 0 Å². The minimum Gasteiger partial charge on any atom is -0.208 e. The fourth-order valence-electron chi connectivity index (χ4n) is 9.36. The van der Waals surface area contributed by atoms with Crippen LogP contribution in [0.1, 0.15) is 40.7 Å². The Morgan fingerprint density at radius 1 is 0.373 bits per heavy atom. The summed E-state index contributed by atoms with van der Waals surface area (Å²) in [5.74, 6) is 2.21. The van der Waals surface area contributed by atoms with Crippen molar-refractivity contribution < 1.29 is 0 Å². The number of fused-ring (bicyclic) bond motifs is 10. The maximum Gasteiger partial charge on any atom is 0.164 e. The molecular formula is C56H39N3. The van der Waals surface area contributed by atoms with E-state index in [1.807, 2.05) is 66.7 Å². The van der Waals surface area contributed by atoms with Gasteiger partial charge < -0.3 is 0 Å². The Bertz CT molecular complexity index is 2990. The van der Waals surface area contributed by atoms with Crippen molar-refractivity contribution in [1.82, 2.24) is 15.0 Å². The third-order valence-corrected chi connectivity index (χ3v) is 12.4. The fourth-order valence-corrected chi connectivity index (χ4v) is 9.36. The van der Waals surface area contributed by atoms with Crippen LogP contribution in [0.5, 0.6) is 0 Å². The highest BCUT2D eigenvalue weighted by molar-refractivity contribution is 5.96. The van der Waals surface area contributed by atoms with E-state index in [0.717, 1.165) is 27.8 Å². The second-order valence-corrected chi connectivity index (χ2v) is 15.6. The predicted octanol–water partition coefficient (Wildman–Crippen LogP) is 13.8. The highest BCUT2D eigenvalue weighted by Gasteiger charge is 2.51. The highest BCUT2D eigenvalue weighted by Crippen LogP contribution is 2.63. The van der Waals surface area contributed by atoms with Crippen molar-refractivity contribution in [2.75, 3.05) is 0 Å². The first-order valence-electron chi connectivity index (χ1n) is 20.3. The molecule has 0 radical (unpaired) electrons. The van der Waals surface area contributed by atoms with Crippen molar-refractivity contribution >= 4 is 0 Å². The van der Waals surface area contributed by atoms with Crippen molar-refractivity contribution in [3.05, 3.63) is 235 Å². The third-order valence-electron chi connectivity index (χ3n) is 12.4. The predicted molar refractivity (Wildman–Crippen MR) is 242 cm³/mol. The summed E-state index contributed by atoms with van der Waals surface area (Å²) in [6, 6.07) is 69.9. The number of hydrogen-bond acceptors (Lipinski definition) is 3. The number of benzene rings is 8. The minimum absolute atomic E-state index is 0.252. The lowest BCUT2D eigenvalue weighted by Gasteiger charge is -2.31. The van der Waals surface area contributed by atoms with Crippen LogP contribution in [0.25, 0.3) is 78.7 Å². The van der Waals surface area contributed by atoms with Crippen molar-refractivity contribution in [2.45, 2.75) is 18.3 Å². The van der Waals surface area contributed by atoms with Gasteiger partial charge in [-0.1, -0.05) is 201 Å². The fraction of sp³-hybridized carbons (Fsp3) is 0.0536. The smallest absolute Gasteiger partial charge is 0.164 e. The lowest BCUT2D eigenvalue weighted by atomic mass is 9.70. The van der Waals surface area contributed by atoms with E-state index in [1.54, 1.807) is 0 Å². The van der Waals surface area contributed by atoms with Crippen LogP contribution in [0.2, 0.25) is 0 Å². The summed E-state index contributed by atoms with van der Waals surface area (Å²) in [4.78, 5) is 14.7. The molecule has 278 valence electrons. The Hall–Kier alpha value is -7.49. The van der Waals surface area contributed by atoms with E-state index < -0.39 is 5.41 Å². The molecule has 8 aromatic carbocycles. The summed E-state index contributed by atoms with van der Waals surface area (Å²) in [7, 11) is 0. The van der Waals surface area contributed by atoms with E-state index in [4.69, 9.17) is 15.0 Å². The molecular weight excluding hydrogens is 715 g/mol. The standard InChI is InChI=1S/C56H39N3/c1-3-36(2)43-30-32-47-45-18-10-12-20-49(45)56(51(47)34-43)50-21-13-11-19-46(50)48-33-31-44(35-52(48)56)39-24-22-37(23-25-39)38-26-28-42(29-27-38)55-58-53(40-14-6-4-7-15-40)57-54(59-55)41-16-8-5-9-17-41/h3-36H,1H2,2H3. The molecule has 1 spiro atoms. The van der Waals surface area contributed by atoms with Crippen LogP contribution < -0.4 is 0 Å². The molecule has 0 aliphatic heterocycles. The van der Waals surface area contributed by atoms with E-state index in [-0.39, 0.29) is 5.92 Å². The van der Waals surface area contributed by atoms with Gasteiger partial charge in [0, 0.05) is 16.7 Å². The van der Waals surface area contributed by atoms with Crippen LogP contribution in [0.3, 0.4) is 0 Å². The Morgan fingerprint density at radius 3 is 1.25 bits per heavy atom. The van der Waals surface area contributed by atoms with Crippen molar-refractivity contribution in [1.29, 1.82) is 0 Å². The second-order valence-electron chi connectivity index (χ2n) is 15.6. The summed E-state index contributed by atoms with van der Waals surface area (Å²) in [6.45, 7) is 6.37. The van der Waals surface area contributed by atoms with Gasteiger partial charge in [0.05, 0.1) is 5.41 Å². The SMILES string of the molecule is C=CC(C)c1ccc2c(c1)C1(c3ccccc3-c3ccc(-c4ccc(-c5ccc(-c6nc(-c7ccccc7)nc(-c7ccccc7)n6)cc5)cc4)cc31)c1ccccc1-2. The van der Waals surface area contributed by atoms with Gasteiger partial charge in [0.2, 0.25) is 0 Å². The first-order valence-corrected chi connectivity index (χ1v) is 20.3. The molecule has 0 N–H and O–H groups in total. The second kappa shape index (κ2) is 13.9. The average Bonchev–Trinajstić information content (AvgIpc) is 3.78. The van der Waals surface area contributed by atoms with Gasteiger partial charge in [0.15, 0.2) is 17.5 Å². The van der Waals surface area contributed by atoms with E-state index in [9.17, 15) is 0 Å². The molecule has 0 bridgehead atoms. The number of aromatic nitrogens is 3. The highest BCUT2D eigenvalue weighted by atomic mass is 15.0. The molecule has 3 nitrogen and oxygen atoms in total. The molecule has 0 fully saturated rings. The van der Waals surface area contributed by atoms with Gasteiger partial charge in [-0.3, -0.25) is 0 Å². The molecule has 0 saturated carbocycles. The van der Waals surface area contributed by atoms with Crippen LogP contribution in [0.15, 0.2) is 207 Å². The van der Waals surface area contributed by atoms with Crippen LogP contribution >= 0.6 is 0 Å². The zero-order valence-electron chi connectivity index (χ0n) is 32.7. The zero-order valence-corrected chi connectivity index (χ0v) is 32.7. The topological polar surface area (TPSA) is 38.7 Å². The Kier molecular flexibility index (Phi) is 8.16. The minimum atomic E-state index is -0.408. The average molecular weight is 754 g/mol. The molecule has 3 heteroatoms. The lowest BCUT2D eigenvalue weighted by Crippen LogP contribution is -2.26. The molecule has 2 unspecified atom stereocenters. The van der Waals surface area contributed by atoms with Crippen molar-refractivity contribution in [2.24, 2.45) is 0 Å². The normalized spacial score (nSPS) is 14.9. The Balaban J connectivity index is 0.959. The van der Waals surface area contributed by atoms with E-state index in [1.165, 1.54) is 61.2 Å². The Labute approximate surface area is 345 Å². The molecule has 11 rings (SSSR count). The largest absolute Gasteiger partial charge is 0.208 e. The maximum absolute atomic E-state index is 4.93. The van der Waals surface area contributed by atoms with Crippen LogP contribution in [0.4, 0.5) is 0 Å². The van der Waals surface area contributed by atoms with Gasteiger partial charge in [-0.15, -0.1) is 6.58 Å². The number of allylic oxidation sites excluding steroid dienone is 1. The van der Waals surface area contributed by atoms with E-state index in [2.05, 4.69) is 147 Å². The summed E-state index contributed by atoms with van der Waals surface area (Å²) >= 11 is 0. The zero-order chi connectivity index (χ0) is 39.5. The molecule has 1 heterocycles. The quantitative estimate of drug-likeness (QED) is 0.152. The lowest BCUT2D eigenvalue weighted by molar-refractivity contribution is 0.789. The summed E-state index contributed by atoms with van der Waals surface area (Å²) < 4.78 is 0. The van der Waals surface area contributed by atoms with Crippen molar-refractivity contribution in [3.8, 4) is 78.7 Å². The summed E-state index contributed by atoms with van der Waals surface area (Å²) in [5, 5.41) is 0. The van der Waals surface area contributed by atoms with Gasteiger partial charge in [-0.05, 0) is 84.3 Å². The maximum atomic E-state index is 4.93. The van der Waals surface area contributed by atoms with Crippen LogP contribution in [-0.2, 0) is 5.41 Å². The van der Waals surface area contributed by atoms with Gasteiger partial charge in [-0.2, -0.15) is 0 Å². The first kappa shape index (κ1) is 34.7. The third kappa shape index (κ3) is 5.54.